The third-order valence-corrected chi connectivity index (χ3v) is 9.03. The first kappa shape index (κ1) is 42.1. The van der Waals surface area contributed by atoms with Gasteiger partial charge in [-0.3, -0.25) is 5.73 Å². The van der Waals surface area contributed by atoms with Crippen LogP contribution in [-0.4, -0.2) is 101 Å². The fraction of sp³-hybridized carbons (Fsp3) is 1.00. The molecule has 0 aromatic carbocycles. The normalized spacial score (nSPS) is 31.1. The van der Waals surface area contributed by atoms with Crippen LogP contribution >= 0.6 is 0 Å². The van der Waals surface area contributed by atoms with E-state index >= 15 is 0 Å². The van der Waals surface area contributed by atoms with Crippen LogP contribution < -0.4 is 5.73 Å². The molecule has 3 rings (SSSR count). The maximum absolute atomic E-state index is 14.7. The molecule has 0 spiro atoms. The van der Waals surface area contributed by atoms with Gasteiger partial charge < -0.3 is 0 Å². The summed E-state index contributed by atoms with van der Waals surface area (Å²) < 4.78 is 409. The van der Waals surface area contributed by atoms with E-state index in [-0.39, 0.29) is 0 Å². The molecule has 0 aromatic heterocycles. The molecule has 3 fully saturated rings. The Balaban J connectivity index is 3.05. The van der Waals surface area contributed by atoms with Crippen LogP contribution in [0, 0.1) is 0 Å². The van der Waals surface area contributed by atoms with E-state index in [0.29, 0.717) is 0 Å². The van der Waals surface area contributed by atoms with Crippen LogP contribution in [0.25, 0.3) is 0 Å². The first-order valence-corrected chi connectivity index (χ1v) is 11.7. The number of sulfone groups is 1. The van der Waals surface area contributed by atoms with Crippen LogP contribution in [0.1, 0.15) is 0 Å². The van der Waals surface area contributed by atoms with Crippen LogP contribution in [0.5, 0.6) is 0 Å². The summed E-state index contributed by atoms with van der Waals surface area (Å²) >= 11 is 0. The average Bonchev–Trinajstić information content (AvgIpc) is 2.84. The van der Waals surface area contributed by atoms with E-state index in [2.05, 4.69) is 5.73 Å². The maximum Gasteiger partial charge on any atom is 0.460 e. The Bertz CT molecular complexity index is 1420. The smallest absolute Gasteiger partial charge is 0.294 e. The Morgan fingerprint density at radius 3 is 0.938 bits per heavy atom. The molecule has 3 saturated heterocycles. The second-order valence-electron chi connectivity index (χ2n) is 9.46. The molecule has 2 bridgehead atoms. The molecule has 0 saturated carbocycles. The van der Waals surface area contributed by atoms with Gasteiger partial charge in [-0.05, 0) is 0 Å². The van der Waals surface area contributed by atoms with Gasteiger partial charge in [0.25, 0.3) is 14.8 Å². The Morgan fingerprint density at radius 2 is 0.667 bits per heavy atom. The molecule has 48 heavy (non-hydrogen) atoms. The number of nitrogens with two attached hydrogens (primary N) is 1. The highest BCUT2D eigenvalue weighted by atomic mass is 32.2. The molecule has 0 radical (unpaired) electrons. The summed E-state index contributed by atoms with van der Waals surface area (Å²) in [6.07, 6.45) is -8.30. The summed E-state index contributed by atoms with van der Waals surface area (Å²) in [5.41, 5.74) is -5.21. The standard InChI is InChI=1S/C15H2F28N2O2S/c16-1-2(17,18)12(38,39)45(13(40,41)3(1,19)20)15(44,4(1,21)22)48(46,47)14(42,43)10(33,34)8(29,30)6(25,26)5(23,24)7(27,28)9(31,32)11(35,36)37/h44H2. The molecule has 286 valence electrons. The van der Waals surface area contributed by atoms with Gasteiger partial charge in [0, 0.05) is 0 Å². The van der Waals surface area contributed by atoms with Gasteiger partial charge in [-0.1, -0.05) is 0 Å². The molecule has 0 aromatic rings. The zero-order valence-corrected chi connectivity index (χ0v) is 21.1. The van der Waals surface area contributed by atoms with E-state index in [9.17, 15) is 131 Å². The van der Waals surface area contributed by atoms with Crippen LogP contribution in [0.3, 0.4) is 0 Å². The minimum Gasteiger partial charge on any atom is -0.294 e. The summed E-state index contributed by atoms with van der Waals surface area (Å²) in [4.78, 5) is -12.8. The van der Waals surface area contributed by atoms with Crippen LogP contribution in [-0.2, 0) is 9.84 Å². The van der Waals surface area contributed by atoms with E-state index in [1.54, 1.807) is 0 Å². The molecule has 3 heterocycles. The van der Waals surface area contributed by atoms with E-state index in [0.717, 1.165) is 0 Å². The lowest BCUT2D eigenvalue weighted by atomic mass is 9.71. The number of halogens is 28. The Kier molecular flexibility index (Phi) is 8.08. The Hall–Kier alpha value is -2.09. The van der Waals surface area contributed by atoms with Crippen molar-refractivity contribution in [1.29, 1.82) is 0 Å². The largest absolute Gasteiger partial charge is 0.460 e. The van der Waals surface area contributed by atoms with Crippen molar-refractivity contribution in [3.05, 3.63) is 0 Å². The topological polar surface area (TPSA) is 63.4 Å². The summed E-state index contributed by atoms with van der Waals surface area (Å²) in [7, 11) is -10.4. The average molecular weight is 806 g/mol. The highest BCUT2D eigenvalue weighted by molar-refractivity contribution is 7.93. The first-order chi connectivity index (χ1) is 20.1. The van der Waals surface area contributed by atoms with Crippen molar-refractivity contribution >= 4 is 9.84 Å². The zero-order valence-electron chi connectivity index (χ0n) is 20.3. The number of hydrogen-bond acceptors (Lipinski definition) is 4. The third kappa shape index (κ3) is 3.55. The predicted octanol–water partition coefficient (Wildman–Crippen LogP) is 7.11. The lowest BCUT2D eigenvalue weighted by Crippen LogP contribution is -3.02. The molecule has 3 aliphatic rings. The van der Waals surface area contributed by atoms with Crippen LogP contribution in [0.15, 0.2) is 0 Å². The van der Waals surface area contributed by atoms with E-state index in [1.807, 2.05) is 0 Å². The summed E-state index contributed by atoms with van der Waals surface area (Å²) in [6, 6.07) is -16.5. The lowest BCUT2D eigenvalue weighted by Gasteiger charge is -2.66. The highest BCUT2D eigenvalue weighted by Gasteiger charge is 3.10. The van der Waals surface area contributed by atoms with Gasteiger partial charge >= 0.3 is 82.5 Å². The summed E-state index contributed by atoms with van der Waals surface area (Å²) in [5, 5.41) is -9.56. The molecule has 1 unspecified atom stereocenters. The van der Waals surface area contributed by atoms with Gasteiger partial charge in [0.15, 0.2) is 0 Å². The first-order valence-electron chi connectivity index (χ1n) is 10.2. The van der Waals surface area contributed by atoms with E-state index in [1.165, 1.54) is 0 Å². The molecule has 1 atom stereocenters. The quantitative estimate of drug-likeness (QED) is 0.210. The van der Waals surface area contributed by atoms with Crippen LogP contribution in [0.2, 0.25) is 0 Å². The highest BCUT2D eigenvalue weighted by Crippen LogP contribution is 2.77. The number of piperidine rings is 3. The van der Waals surface area contributed by atoms with Gasteiger partial charge in [-0.2, -0.15) is 119 Å². The van der Waals surface area contributed by atoms with Crippen molar-refractivity contribution in [2.75, 3.05) is 0 Å². The fourth-order valence-corrected chi connectivity index (χ4v) is 5.87. The molecule has 0 amide bonds. The van der Waals surface area contributed by atoms with Gasteiger partial charge in [0.2, 0.25) is 0 Å². The predicted molar refractivity (Wildman–Crippen MR) is 86.9 cm³/mol. The number of nitrogens with zero attached hydrogens (tertiary/aromatic N) is 1. The molecule has 2 N–H and O–H groups in total. The fourth-order valence-electron chi connectivity index (χ4n) is 4.07. The van der Waals surface area contributed by atoms with Gasteiger partial charge in [-0.25, -0.2) is 12.8 Å². The third-order valence-electron chi connectivity index (χ3n) is 6.84. The number of hydrogen-bond donors (Lipinski definition) is 1. The van der Waals surface area contributed by atoms with Crippen molar-refractivity contribution < 1.29 is 131 Å². The molecule has 33 heteroatoms. The molecular formula is C15H2F28N2O2S. The molecule has 0 aliphatic carbocycles. The van der Waals surface area contributed by atoms with Gasteiger partial charge in [0.05, 0.1) is 0 Å². The summed E-state index contributed by atoms with van der Waals surface area (Å²) in [5.74, 6) is -82.1. The monoisotopic (exact) mass is 806 g/mol. The molecule has 3 aliphatic heterocycles. The zero-order chi connectivity index (χ0) is 39.6. The summed E-state index contributed by atoms with van der Waals surface area (Å²) in [6.45, 7) is 0. The maximum atomic E-state index is 14.7. The minimum absolute atomic E-state index is 3.56. The molecular weight excluding hydrogens is 804 g/mol. The Morgan fingerprint density at radius 1 is 0.417 bits per heavy atom. The SMILES string of the molecule is NC1(S(=O)(=O)C(F)(F)C(F)(F)C(F)(F)C(F)(F)C(F)(F)C(F)(F)C(F)(F)C(F)(F)F)N2C(F)(F)C(F)(F)C(F)(C(F)(F)C2(F)F)C1(F)F. The van der Waals surface area contributed by atoms with E-state index in [4.69, 9.17) is 0 Å². The lowest BCUT2D eigenvalue weighted by molar-refractivity contribution is -0.559. The number of fused-ring (bicyclic) bond motifs is 3. The molecule has 4 nitrogen and oxygen atoms in total. The minimum atomic E-state index is -10.4. The van der Waals surface area contributed by atoms with E-state index < -0.39 is 102 Å². The Labute approximate surface area is 240 Å². The van der Waals surface area contributed by atoms with Gasteiger partial charge in [-0.15, -0.1) is 4.90 Å². The van der Waals surface area contributed by atoms with Crippen molar-refractivity contribution in [2.24, 2.45) is 5.73 Å². The van der Waals surface area contributed by atoms with Crippen molar-refractivity contribution in [2.45, 2.75) is 87.5 Å². The van der Waals surface area contributed by atoms with Crippen LogP contribution in [0.4, 0.5) is 123 Å². The number of rotatable bonds is 8. The van der Waals surface area contributed by atoms with Gasteiger partial charge in [0.1, 0.15) is 0 Å². The van der Waals surface area contributed by atoms with Crippen molar-refractivity contribution in [3.8, 4) is 0 Å². The van der Waals surface area contributed by atoms with Crippen molar-refractivity contribution in [3.63, 3.8) is 0 Å². The number of alkyl halides is 28. The second kappa shape index (κ2) is 9.22. The second-order valence-corrected chi connectivity index (χ2v) is 11.6. The van der Waals surface area contributed by atoms with Crippen molar-refractivity contribution in [1.82, 2.24) is 4.90 Å².